The highest BCUT2D eigenvalue weighted by Crippen LogP contribution is 2.37. The van der Waals surface area contributed by atoms with Crippen molar-refractivity contribution in [3.63, 3.8) is 0 Å². The van der Waals surface area contributed by atoms with Crippen LogP contribution in [-0.2, 0) is 16.1 Å². The molecule has 1 fully saturated rings. The van der Waals surface area contributed by atoms with Crippen molar-refractivity contribution < 1.29 is 19.4 Å². The topological polar surface area (TPSA) is 67.8 Å². The van der Waals surface area contributed by atoms with E-state index in [9.17, 15) is 9.90 Å². The highest BCUT2D eigenvalue weighted by Gasteiger charge is 2.38. The number of aliphatic hydroxyl groups excluding tert-OH is 1. The summed E-state index contributed by atoms with van der Waals surface area (Å²) in [5.74, 6) is 1.46. The van der Waals surface area contributed by atoms with Gasteiger partial charge in [-0.25, -0.2) is 0 Å². The van der Waals surface area contributed by atoms with Crippen molar-refractivity contribution in [2.75, 3.05) is 20.3 Å². The molecule has 1 amide bonds. The summed E-state index contributed by atoms with van der Waals surface area (Å²) in [6, 6.07) is 7.57. The predicted molar refractivity (Wildman–Crippen MR) is 78.9 cm³/mol. The minimum Gasteiger partial charge on any atom is -0.497 e. The van der Waals surface area contributed by atoms with E-state index in [1.807, 2.05) is 24.3 Å². The summed E-state index contributed by atoms with van der Waals surface area (Å²) in [6.45, 7) is 2.92. The van der Waals surface area contributed by atoms with Crippen molar-refractivity contribution in [1.82, 2.24) is 5.32 Å². The van der Waals surface area contributed by atoms with E-state index in [0.29, 0.717) is 12.5 Å². The number of benzene rings is 1. The van der Waals surface area contributed by atoms with E-state index in [1.165, 1.54) is 0 Å². The normalized spacial score (nSPS) is 21.7. The van der Waals surface area contributed by atoms with Crippen LogP contribution in [0.2, 0.25) is 0 Å². The molecule has 0 spiro atoms. The zero-order chi connectivity index (χ0) is 15.2. The number of nitrogens with one attached hydrogen (secondary N) is 1. The summed E-state index contributed by atoms with van der Waals surface area (Å²) in [7, 11) is 1.62. The van der Waals surface area contributed by atoms with Crippen LogP contribution in [0.3, 0.4) is 0 Å². The fraction of sp³-hybridized carbons (Fsp3) is 0.562. The van der Waals surface area contributed by atoms with Gasteiger partial charge < -0.3 is 19.9 Å². The van der Waals surface area contributed by atoms with Crippen LogP contribution in [0.1, 0.15) is 18.9 Å². The summed E-state index contributed by atoms with van der Waals surface area (Å²) in [4.78, 5) is 11.6. The van der Waals surface area contributed by atoms with Gasteiger partial charge in [0.15, 0.2) is 0 Å². The van der Waals surface area contributed by atoms with Crippen molar-refractivity contribution in [3.8, 4) is 5.75 Å². The average molecular weight is 293 g/mol. The van der Waals surface area contributed by atoms with Crippen LogP contribution < -0.4 is 10.1 Å². The van der Waals surface area contributed by atoms with Gasteiger partial charge in [-0.3, -0.25) is 4.79 Å². The van der Waals surface area contributed by atoms with Crippen molar-refractivity contribution >= 4 is 5.91 Å². The summed E-state index contributed by atoms with van der Waals surface area (Å²) < 4.78 is 10.5. The fourth-order valence-corrected chi connectivity index (χ4v) is 2.13. The molecule has 1 aromatic carbocycles. The number of carbonyl (C=O) groups excluding carboxylic acids is 1. The molecule has 0 heterocycles. The van der Waals surface area contributed by atoms with Crippen LogP contribution in [0.5, 0.6) is 5.75 Å². The van der Waals surface area contributed by atoms with Crippen LogP contribution in [0.25, 0.3) is 0 Å². The van der Waals surface area contributed by atoms with E-state index in [2.05, 4.69) is 12.2 Å². The van der Waals surface area contributed by atoms with Gasteiger partial charge in [0.05, 0.1) is 26.4 Å². The number of amides is 1. The lowest BCUT2D eigenvalue weighted by atomic mass is 10.2. The maximum atomic E-state index is 11.6. The number of hydrogen-bond acceptors (Lipinski definition) is 4. The summed E-state index contributed by atoms with van der Waals surface area (Å²) in [6.07, 6.45) is 0.275. The summed E-state index contributed by atoms with van der Waals surface area (Å²) in [5.41, 5.74) is 1.01. The first kappa shape index (κ1) is 15.8. The monoisotopic (exact) mass is 293 g/mol. The number of rotatable bonds is 8. The third-order valence-corrected chi connectivity index (χ3v) is 3.70. The van der Waals surface area contributed by atoms with Crippen LogP contribution in [-0.4, -0.2) is 37.4 Å². The third kappa shape index (κ3) is 5.02. The van der Waals surface area contributed by atoms with Crippen molar-refractivity contribution in [3.05, 3.63) is 29.8 Å². The molecular formula is C16H23NO4. The van der Waals surface area contributed by atoms with Crippen LogP contribution >= 0.6 is 0 Å². The second kappa shape index (κ2) is 7.43. The molecule has 0 aromatic heterocycles. The lowest BCUT2D eigenvalue weighted by molar-refractivity contribution is -0.123. The van der Waals surface area contributed by atoms with Gasteiger partial charge in [0.2, 0.25) is 5.91 Å². The minimum absolute atomic E-state index is 0.0386. The molecule has 0 saturated heterocycles. The predicted octanol–water partition coefficient (Wildman–Crippen LogP) is 1.34. The number of carbonyl (C=O) groups is 1. The Labute approximate surface area is 125 Å². The molecule has 5 nitrogen and oxygen atoms in total. The molecule has 1 aromatic rings. The molecular weight excluding hydrogens is 270 g/mol. The Hall–Kier alpha value is -1.59. The Kier molecular flexibility index (Phi) is 5.59. The van der Waals surface area contributed by atoms with Gasteiger partial charge in [0.1, 0.15) is 5.75 Å². The van der Waals surface area contributed by atoms with E-state index < -0.39 is 6.10 Å². The van der Waals surface area contributed by atoms with Crippen molar-refractivity contribution in [2.24, 2.45) is 11.8 Å². The molecule has 2 N–H and O–H groups in total. The zero-order valence-electron chi connectivity index (χ0n) is 12.5. The van der Waals surface area contributed by atoms with Crippen LogP contribution in [0.4, 0.5) is 0 Å². The Morgan fingerprint density at radius 2 is 2.10 bits per heavy atom. The fourth-order valence-electron chi connectivity index (χ4n) is 2.13. The molecule has 5 heteroatoms. The minimum atomic E-state index is -0.679. The molecule has 1 saturated carbocycles. The van der Waals surface area contributed by atoms with E-state index >= 15 is 0 Å². The first-order chi connectivity index (χ1) is 10.1. The van der Waals surface area contributed by atoms with E-state index in [4.69, 9.17) is 9.47 Å². The second-order valence-electron chi connectivity index (χ2n) is 5.58. The quantitative estimate of drug-likeness (QED) is 0.759. The average Bonchev–Trinajstić information content (AvgIpc) is 3.22. The molecule has 1 aliphatic rings. The lowest BCUT2D eigenvalue weighted by Crippen LogP contribution is -2.35. The van der Waals surface area contributed by atoms with E-state index in [-0.39, 0.29) is 25.0 Å². The molecule has 1 aliphatic carbocycles. The van der Waals surface area contributed by atoms with Gasteiger partial charge in [-0.1, -0.05) is 19.1 Å². The SMILES string of the molecule is COc1ccc(COCC(O)CNC(=O)C2CC2C)cc1. The summed E-state index contributed by atoms with van der Waals surface area (Å²) in [5, 5.41) is 12.5. The Bertz CT molecular complexity index is 460. The standard InChI is InChI=1S/C16H23NO4/c1-11-7-15(11)16(19)17-8-13(18)10-21-9-12-3-5-14(20-2)6-4-12/h3-6,11,13,15,18H,7-10H2,1-2H3,(H,17,19). The van der Waals surface area contributed by atoms with E-state index in [0.717, 1.165) is 17.7 Å². The maximum Gasteiger partial charge on any atom is 0.223 e. The molecule has 0 radical (unpaired) electrons. The number of hydrogen-bond donors (Lipinski definition) is 2. The first-order valence-electron chi connectivity index (χ1n) is 7.26. The van der Waals surface area contributed by atoms with Gasteiger partial charge in [0.25, 0.3) is 0 Å². The number of methoxy groups -OCH3 is 1. The summed E-state index contributed by atoms with van der Waals surface area (Å²) >= 11 is 0. The Balaban J connectivity index is 1.60. The van der Waals surface area contributed by atoms with Gasteiger partial charge in [-0.2, -0.15) is 0 Å². The van der Waals surface area contributed by atoms with Gasteiger partial charge in [-0.15, -0.1) is 0 Å². The van der Waals surface area contributed by atoms with Crippen molar-refractivity contribution in [1.29, 1.82) is 0 Å². The molecule has 116 valence electrons. The molecule has 3 unspecified atom stereocenters. The van der Waals surface area contributed by atoms with Crippen LogP contribution in [0.15, 0.2) is 24.3 Å². The zero-order valence-corrected chi connectivity index (χ0v) is 12.5. The smallest absolute Gasteiger partial charge is 0.223 e. The Morgan fingerprint density at radius 3 is 2.67 bits per heavy atom. The highest BCUT2D eigenvalue weighted by molar-refractivity contribution is 5.81. The van der Waals surface area contributed by atoms with E-state index in [1.54, 1.807) is 7.11 Å². The lowest BCUT2D eigenvalue weighted by Gasteiger charge is -2.12. The third-order valence-electron chi connectivity index (χ3n) is 3.70. The van der Waals surface area contributed by atoms with Gasteiger partial charge >= 0.3 is 0 Å². The first-order valence-corrected chi connectivity index (χ1v) is 7.26. The maximum absolute atomic E-state index is 11.6. The second-order valence-corrected chi connectivity index (χ2v) is 5.58. The number of ether oxygens (including phenoxy) is 2. The van der Waals surface area contributed by atoms with Gasteiger partial charge in [0, 0.05) is 12.5 Å². The Morgan fingerprint density at radius 1 is 1.43 bits per heavy atom. The molecule has 0 bridgehead atoms. The van der Waals surface area contributed by atoms with Crippen LogP contribution in [0, 0.1) is 11.8 Å². The molecule has 2 rings (SSSR count). The number of aliphatic hydroxyl groups is 1. The molecule has 0 aliphatic heterocycles. The van der Waals surface area contributed by atoms with Crippen molar-refractivity contribution in [2.45, 2.75) is 26.1 Å². The van der Waals surface area contributed by atoms with Gasteiger partial charge in [-0.05, 0) is 30.0 Å². The molecule has 21 heavy (non-hydrogen) atoms. The largest absolute Gasteiger partial charge is 0.497 e. The highest BCUT2D eigenvalue weighted by atomic mass is 16.5. The molecule has 3 atom stereocenters.